The molecule has 0 radical (unpaired) electrons. The molecule has 1 heterocycles. The van der Waals surface area contributed by atoms with Crippen LogP contribution in [0, 0.1) is 0 Å². The quantitative estimate of drug-likeness (QED) is 0.816. The predicted molar refractivity (Wildman–Crippen MR) is 70.0 cm³/mol. The Morgan fingerprint density at radius 2 is 2.17 bits per heavy atom. The first-order chi connectivity index (χ1) is 8.33. The lowest BCUT2D eigenvalue weighted by atomic mass is 10.1. The van der Waals surface area contributed by atoms with Crippen LogP contribution in [0.2, 0.25) is 0 Å². The van der Waals surface area contributed by atoms with E-state index in [4.69, 9.17) is 0 Å². The summed E-state index contributed by atoms with van der Waals surface area (Å²) in [5.74, 6) is -0.0438. The number of carbonyl (C=O) groups excluding carboxylic acids is 1. The van der Waals surface area contributed by atoms with E-state index in [-0.39, 0.29) is 17.5 Å². The molecule has 0 aliphatic rings. The molecule has 0 saturated carbocycles. The fraction of sp³-hybridized carbons (Fsp3) is 0.750. The number of likely N-dealkylation sites (N-methyl/N-ethyl adjacent to an activating group) is 1. The van der Waals surface area contributed by atoms with Crippen LogP contribution in [0.5, 0.6) is 0 Å². The highest BCUT2D eigenvalue weighted by Gasteiger charge is 2.16. The molecule has 0 bridgehead atoms. The Kier molecular flexibility index (Phi) is 4.84. The number of nitrogens with one attached hydrogen (secondary N) is 2. The van der Waals surface area contributed by atoms with Crippen molar-refractivity contribution < 1.29 is 4.79 Å². The van der Waals surface area contributed by atoms with E-state index in [1.54, 1.807) is 17.8 Å². The van der Waals surface area contributed by atoms with E-state index in [0.717, 1.165) is 5.69 Å². The average Bonchev–Trinajstić information content (AvgIpc) is 2.73. The lowest BCUT2D eigenvalue weighted by Gasteiger charge is -2.19. The van der Waals surface area contributed by atoms with E-state index < -0.39 is 0 Å². The molecule has 1 rings (SSSR count). The molecule has 1 atom stereocenters. The van der Waals surface area contributed by atoms with Crippen molar-refractivity contribution in [1.82, 2.24) is 25.6 Å². The van der Waals surface area contributed by atoms with Gasteiger partial charge in [0.05, 0.1) is 11.9 Å². The number of amides is 1. The van der Waals surface area contributed by atoms with Crippen LogP contribution in [-0.2, 0) is 11.3 Å². The van der Waals surface area contributed by atoms with E-state index in [0.29, 0.717) is 13.1 Å². The van der Waals surface area contributed by atoms with Crippen LogP contribution in [0.25, 0.3) is 0 Å². The van der Waals surface area contributed by atoms with Gasteiger partial charge in [0, 0.05) is 18.6 Å². The standard InChI is InChI=1S/C12H23N5O/c1-6-13-11(18)9(2)17-8-10(15-16-17)7-14-12(3,4)5/h8-9,14H,6-7H2,1-5H3,(H,13,18). The van der Waals surface area contributed by atoms with Crippen molar-refractivity contribution in [2.45, 2.75) is 52.7 Å². The first-order valence-corrected chi connectivity index (χ1v) is 6.27. The molecule has 2 N–H and O–H groups in total. The molecule has 0 aliphatic carbocycles. The molecule has 0 aromatic carbocycles. The van der Waals surface area contributed by atoms with Crippen molar-refractivity contribution >= 4 is 5.91 Å². The van der Waals surface area contributed by atoms with Crippen molar-refractivity contribution in [3.05, 3.63) is 11.9 Å². The molecular formula is C12H23N5O. The molecule has 6 heteroatoms. The van der Waals surface area contributed by atoms with Crippen LogP contribution < -0.4 is 10.6 Å². The molecule has 18 heavy (non-hydrogen) atoms. The Morgan fingerprint density at radius 3 is 2.72 bits per heavy atom. The van der Waals surface area contributed by atoms with Crippen molar-refractivity contribution in [1.29, 1.82) is 0 Å². The van der Waals surface area contributed by atoms with Gasteiger partial charge >= 0.3 is 0 Å². The SMILES string of the molecule is CCNC(=O)C(C)n1cc(CNC(C)(C)C)nn1. The summed E-state index contributed by atoms with van der Waals surface area (Å²) in [6, 6.07) is -0.333. The summed E-state index contributed by atoms with van der Waals surface area (Å²) in [6.45, 7) is 11.2. The third-order valence-electron chi connectivity index (χ3n) is 2.48. The number of carbonyl (C=O) groups is 1. The molecule has 0 spiro atoms. The smallest absolute Gasteiger partial charge is 0.244 e. The van der Waals surface area contributed by atoms with Gasteiger partial charge in [-0.2, -0.15) is 0 Å². The maximum Gasteiger partial charge on any atom is 0.244 e. The van der Waals surface area contributed by atoms with Crippen LogP contribution in [0.4, 0.5) is 0 Å². The molecule has 6 nitrogen and oxygen atoms in total. The second-order valence-electron chi connectivity index (χ2n) is 5.36. The Hall–Kier alpha value is -1.43. The minimum atomic E-state index is -0.333. The lowest BCUT2D eigenvalue weighted by molar-refractivity contribution is -0.124. The van der Waals surface area contributed by atoms with Crippen molar-refractivity contribution in [2.24, 2.45) is 0 Å². The van der Waals surface area contributed by atoms with Gasteiger partial charge in [-0.15, -0.1) is 5.10 Å². The van der Waals surface area contributed by atoms with Gasteiger partial charge in [0.1, 0.15) is 6.04 Å². The van der Waals surface area contributed by atoms with Gasteiger partial charge < -0.3 is 10.6 Å². The van der Waals surface area contributed by atoms with Gasteiger partial charge in [-0.3, -0.25) is 4.79 Å². The van der Waals surface area contributed by atoms with Crippen molar-refractivity contribution in [2.75, 3.05) is 6.54 Å². The van der Waals surface area contributed by atoms with Crippen molar-refractivity contribution in [3.8, 4) is 0 Å². The van der Waals surface area contributed by atoms with E-state index in [1.165, 1.54) is 0 Å². The Bertz CT molecular complexity index is 393. The number of hydrogen-bond acceptors (Lipinski definition) is 4. The predicted octanol–water partition coefficient (Wildman–Crippen LogP) is 0.863. The number of rotatable bonds is 5. The zero-order valence-corrected chi connectivity index (χ0v) is 11.8. The molecule has 1 amide bonds. The topological polar surface area (TPSA) is 71.8 Å². The highest BCUT2D eigenvalue weighted by atomic mass is 16.2. The Morgan fingerprint density at radius 1 is 1.50 bits per heavy atom. The van der Waals surface area contributed by atoms with Crippen LogP contribution >= 0.6 is 0 Å². The molecule has 1 unspecified atom stereocenters. The van der Waals surface area contributed by atoms with E-state index in [1.807, 2.05) is 6.92 Å². The Labute approximate surface area is 108 Å². The minimum absolute atomic E-state index is 0.0367. The highest BCUT2D eigenvalue weighted by Crippen LogP contribution is 2.06. The third kappa shape index (κ3) is 4.44. The first kappa shape index (κ1) is 14.6. The molecule has 0 saturated heterocycles. The summed E-state index contributed by atoms with van der Waals surface area (Å²) in [6.07, 6.45) is 1.80. The monoisotopic (exact) mass is 253 g/mol. The maximum absolute atomic E-state index is 11.7. The Balaban J connectivity index is 2.60. The van der Waals surface area contributed by atoms with Crippen LogP contribution in [0.3, 0.4) is 0 Å². The van der Waals surface area contributed by atoms with Gasteiger partial charge in [0.25, 0.3) is 0 Å². The largest absolute Gasteiger partial charge is 0.355 e. The number of nitrogens with zero attached hydrogens (tertiary/aromatic N) is 3. The molecule has 1 aromatic heterocycles. The number of aromatic nitrogens is 3. The van der Waals surface area contributed by atoms with Crippen LogP contribution in [0.15, 0.2) is 6.20 Å². The zero-order valence-electron chi connectivity index (χ0n) is 11.8. The summed E-state index contributed by atoms with van der Waals surface area (Å²) in [4.78, 5) is 11.7. The normalized spacial score (nSPS) is 13.4. The first-order valence-electron chi connectivity index (χ1n) is 6.27. The summed E-state index contributed by atoms with van der Waals surface area (Å²) in [5, 5.41) is 14.1. The third-order valence-corrected chi connectivity index (χ3v) is 2.48. The second kappa shape index (κ2) is 5.95. The van der Waals surface area contributed by atoms with Crippen molar-refractivity contribution in [3.63, 3.8) is 0 Å². The highest BCUT2D eigenvalue weighted by molar-refractivity contribution is 5.79. The average molecular weight is 253 g/mol. The summed E-state index contributed by atoms with van der Waals surface area (Å²) in [7, 11) is 0. The number of hydrogen-bond donors (Lipinski definition) is 2. The molecule has 0 fully saturated rings. The van der Waals surface area contributed by atoms with Gasteiger partial charge in [-0.05, 0) is 34.6 Å². The fourth-order valence-electron chi connectivity index (χ4n) is 1.38. The van der Waals surface area contributed by atoms with Gasteiger partial charge in [0.15, 0.2) is 0 Å². The van der Waals surface area contributed by atoms with Crippen LogP contribution in [-0.4, -0.2) is 33.0 Å². The molecular weight excluding hydrogens is 230 g/mol. The van der Waals surface area contributed by atoms with E-state index >= 15 is 0 Å². The molecule has 0 aliphatic heterocycles. The zero-order chi connectivity index (χ0) is 13.8. The van der Waals surface area contributed by atoms with Gasteiger partial charge in [-0.25, -0.2) is 4.68 Å². The fourth-order valence-corrected chi connectivity index (χ4v) is 1.38. The maximum atomic E-state index is 11.7. The van der Waals surface area contributed by atoms with Gasteiger partial charge in [0.2, 0.25) is 5.91 Å². The minimum Gasteiger partial charge on any atom is -0.355 e. The van der Waals surface area contributed by atoms with Crippen LogP contribution in [0.1, 0.15) is 46.4 Å². The summed E-state index contributed by atoms with van der Waals surface area (Å²) in [5.41, 5.74) is 0.871. The second-order valence-corrected chi connectivity index (χ2v) is 5.36. The summed E-state index contributed by atoms with van der Waals surface area (Å²) < 4.78 is 1.59. The lowest BCUT2D eigenvalue weighted by Crippen LogP contribution is -2.35. The van der Waals surface area contributed by atoms with Gasteiger partial charge in [-0.1, -0.05) is 5.21 Å². The molecule has 102 valence electrons. The van der Waals surface area contributed by atoms with E-state index in [2.05, 4.69) is 41.7 Å². The summed E-state index contributed by atoms with van der Waals surface area (Å²) >= 11 is 0. The molecule has 1 aromatic rings. The van der Waals surface area contributed by atoms with E-state index in [9.17, 15) is 4.79 Å².